The van der Waals surface area contributed by atoms with Gasteiger partial charge in [-0.1, -0.05) is 97.1 Å². The van der Waals surface area contributed by atoms with Gasteiger partial charge in [0.05, 0.1) is 27.6 Å². The molecule has 214 valence electrons. The Balaban J connectivity index is 1.21. The van der Waals surface area contributed by atoms with E-state index in [9.17, 15) is 0 Å². The zero-order valence-electron chi connectivity index (χ0n) is 24.8. The van der Waals surface area contributed by atoms with Gasteiger partial charge in [0, 0.05) is 38.8 Å². The third kappa shape index (κ3) is 3.61. The van der Waals surface area contributed by atoms with Crippen LogP contribution in [0.15, 0.2) is 158 Å². The van der Waals surface area contributed by atoms with Gasteiger partial charge in [0.1, 0.15) is 0 Å². The maximum absolute atomic E-state index is 4.99. The van der Waals surface area contributed by atoms with Gasteiger partial charge in [0.15, 0.2) is 0 Å². The molecule has 3 heterocycles. The summed E-state index contributed by atoms with van der Waals surface area (Å²) in [6, 6.07) is 54.2. The van der Waals surface area contributed by atoms with Gasteiger partial charge < -0.3 is 4.57 Å². The molecule has 0 aliphatic carbocycles. The first-order valence-electron chi connectivity index (χ1n) is 15.6. The van der Waals surface area contributed by atoms with Crippen LogP contribution in [0.5, 0.6) is 0 Å². The van der Waals surface area contributed by atoms with E-state index in [0.29, 0.717) is 5.95 Å². The quantitative estimate of drug-likeness (QED) is 0.206. The number of rotatable bonds is 3. The van der Waals surface area contributed by atoms with Crippen molar-refractivity contribution in [1.29, 1.82) is 0 Å². The van der Waals surface area contributed by atoms with Gasteiger partial charge in [0.2, 0.25) is 5.95 Å². The predicted molar refractivity (Wildman–Crippen MR) is 191 cm³/mol. The second kappa shape index (κ2) is 9.62. The van der Waals surface area contributed by atoms with Crippen molar-refractivity contribution in [1.82, 2.24) is 19.1 Å². The molecule has 0 aliphatic rings. The summed E-state index contributed by atoms with van der Waals surface area (Å²) in [7, 11) is 0. The van der Waals surface area contributed by atoms with Gasteiger partial charge in [-0.3, -0.25) is 4.57 Å². The van der Waals surface area contributed by atoms with E-state index in [0.717, 1.165) is 21.9 Å². The van der Waals surface area contributed by atoms with E-state index in [-0.39, 0.29) is 0 Å². The molecule has 10 rings (SSSR count). The molecule has 7 aromatic carbocycles. The van der Waals surface area contributed by atoms with Crippen molar-refractivity contribution in [3.8, 4) is 22.8 Å². The topological polar surface area (TPSA) is 35.6 Å². The van der Waals surface area contributed by atoms with Gasteiger partial charge in [-0.2, -0.15) is 0 Å². The molecular formula is C42H26N4. The van der Waals surface area contributed by atoms with Crippen molar-refractivity contribution in [3.05, 3.63) is 158 Å². The maximum atomic E-state index is 4.99. The molecule has 0 unspecified atom stereocenters. The van der Waals surface area contributed by atoms with Crippen LogP contribution in [-0.2, 0) is 0 Å². The molecular weight excluding hydrogens is 560 g/mol. The summed E-state index contributed by atoms with van der Waals surface area (Å²) in [4.78, 5) is 9.81. The van der Waals surface area contributed by atoms with Crippen LogP contribution in [0.4, 0.5) is 0 Å². The molecule has 10 aromatic rings. The smallest absolute Gasteiger partial charge is 0.235 e. The second-order valence-electron chi connectivity index (χ2n) is 11.9. The minimum absolute atomic E-state index is 0.681. The molecule has 0 aliphatic heterocycles. The molecule has 3 aromatic heterocycles. The van der Waals surface area contributed by atoms with E-state index >= 15 is 0 Å². The van der Waals surface area contributed by atoms with Gasteiger partial charge in [-0.15, -0.1) is 0 Å². The highest BCUT2D eigenvalue weighted by atomic mass is 15.2. The van der Waals surface area contributed by atoms with Crippen molar-refractivity contribution < 1.29 is 0 Å². The summed E-state index contributed by atoms with van der Waals surface area (Å²) in [5, 5.41) is 8.38. The Bertz CT molecular complexity index is 2810. The van der Waals surface area contributed by atoms with Crippen LogP contribution in [0, 0.1) is 0 Å². The maximum Gasteiger partial charge on any atom is 0.235 e. The minimum Gasteiger partial charge on any atom is -0.309 e. The fraction of sp³-hybridized carbons (Fsp3) is 0. The average Bonchev–Trinajstić information content (AvgIpc) is 3.64. The summed E-state index contributed by atoms with van der Waals surface area (Å²) in [6.45, 7) is 0. The Hall–Kier alpha value is -6.26. The standard InChI is InChI=1S/C42H26N4/c1-2-11-31(12-3-1)45-37-16-8-5-13-32(37)35-25-29(21-22-39(35)45)28-19-18-27-20-23-40-41(34(27)24-28)33-14-6-9-17-38(33)46(40)42-43-26-30-10-4-7-15-36(30)44-42/h1-26H. The molecule has 0 bridgehead atoms. The van der Waals surface area contributed by atoms with E-state index in [2.05, 4.69) is 143 Å². The average molecular weight is 587 g/mol. The lowest BCUT2D eigenvalue weighted by Gasteiger charge is -2.09. The van der Waals surface area contributed by atoms with E-state index < -0.39 is 0 Å². The third-order valence-corrected chi connectivity index (χ3v) is 9.35. The van der Waals surface area contributed by atoms with Gasteiger partial charge in [-0.05, 0) is 76.5 Å². The molecule has 0 spiro atoms. The number of para-hydroxylation sites is 4. The zero-order valence-corrected chi connectivity index (χ0v) is 24.8. The lowest BCUT2D eigenvalue weighted by atomic mass is 9.97. The minimum atomic E-state index is 0.681. The number of nitrogens with zero attached hydrogens (tertiary/aromatic N) is 4. The molecule has 0 atom stereocenters. The van der Waals surface area contributed by atoms with Crippen molar-refractivity contribution in [3.63, 3.8) is 0 Å². The second-order valence-corrected chi connectivity index (χ2v) is 11.9. The summed E-state index contributed by atoms with van der Waals surface area (Å²) >= 11 is 0. The van der Waals surface area contributed by atoms with Crippen molar-refractivity contribution in [2.24, 2.45) is 0 Å². The van der Waals surface area contributed by atoms with Crippen LogP contribution < -0.4 is 0 Å². The van der Waals surface area contributed by atoms with E-state index in [1.165, 1.54) is 60.2 Å². The van der Waals surface area contributed by atoms with Crippen molar-refractivity contribution >= 4 is 65.3 Å². The Kier molecular flexibility index (Phi) is 5.25. The van der Waals surface area contributed by atoms with E-state index in [1.807, 2.05) is 24.4 Å². The number of hydrogen-bond acceptors (Lipinski definition) is 2. The van der Waals surface area contributed by atoms with Crippen molar-refractivity contribution in [2.75, 3.05) is 0 Å². The monoisotopic (exact) mass is 586 g/mol. The lowest BCUT2D eigenvalue weighted by molar-refractivity contribution is 1.01. The first kappa shape index (κ1) is 25.1. The van der Waals surface area contributed by atoms with Crippen LogP contribution in [0.1, 0.15) is 0 Å². The predicted octanol–water partition coefficient (Wildman–Crippen LogP) is 10.6. The third-order valence-electron chi connectivity index (χ3n) is 9.35. The first-order valence-corrected chi connectivity index (χ1v) is 15.6. The molecule has 0 saturated heterocycles. The first-order chi connectivity index (χ1) is 22.8. The largest absolute Gasteiger partial charge is 0.309 e. The highest BCUT2D eigenvalue weighted by molar-refractivity contribution is 6.22. The van der Waals surface area contributed by atoms with E-state index in [4.69, 9.17) is 9.97 Å². The number of benzene rings is 7. The Morgan fingerprint density at radius 3 is 1.91 bits per heavy atom. The molecule has 0 radical (unpaired) electrons. The van der Waals surface area contributed by atoms with Crippen LogP contribution in [0.3, 0.4) is 0 Å². The normalized spacial score (nSPS) is 11.9. The Morgan fingerprint density at radius 1 is 0.413 bits per heavy atom. The lowest BCUT2D eigenvalue weighted by Crippen LogP contribution is -2.00. The van der Waals surface area contributed by atoms with Crippen molar-refractivity contribution in [2.45, 2.75) is 0 Å². The summed E-state index contributed by atoms with van der Waals surface area (Å²) < 4.78 is 4.57. The molecule has 0 amide bonds. The van der Waals surface area contributed by atoms with Crippen LogP contribution in [-0.4, -0.2) is 19.1 Å². The Labute approximate surface area is 264 Å². The molecule has 4 heteroatoms. The van der Waals surface area contributed by atoms with Gasteiger partial charge >= 0.3 is 0 Å². The Morgan fingerprint density at radius 2 is 1.04 bits per heavy atom. The van der Waals surface area contributed by atoms with Crippen LogP contribution in [0.25, 0.3) is 88.0 Å². The van der Waals surface area contributed by atoms with Gasteiger partial charge in [0.25, 0.3) is 0 Å². The van der Waals surface area contributed by atoms with E-state index in [1.54, 1.807) is 0 Å². The molecule has 0 N–H and O–H groups in total. The number of aromatic nitrogens is 4. The highest BCUT2D eigenvalue weighted by Gasteiger charge is 2.18. The summed E-state index contributed by atoms with van der Waals surface area (Å²) in [6.07, 6.45) is 1.92. The number of fused-ring (bicyclic) bond motifs is 9. The molecule has 4 nitrogen and oxygen atoms in total. The molecule has 0 saturated carbocycles. The molecule has 46 heavy (non-hydrogen) atoms. The van der Waals surface area contributed by atoms with Gasteiger partial charge in [-0.25, -0.2) is 9.97 Å². The zero-order chi connectivity index (χ0) is 30.2. The highest BCUT2D eigenvalue weighted by Crippen LogP contribution is 2.39. The summed E-state index contributed by atoms with van der Waals surface area (Å²) in [5.41, 5.74) is 9.11. The fourth-order valence-corrected chi connectivity index (χ4v) is 7.26. The van der Waals surface area contributed by atoms with Crippen LogP contribution in [0.2, 0.25) is 0 Å². The van der Waals surface area contributed by atoms with Crippen LogP contribution >= 0.6 is 0 Å². The molecule has 0 fully saturated rings. The summed E-state index contributed by atoms with van der Waals surface area (Å²) in [5.74, 6) is 0.681. The fourth-order valence-electron chi connectivity index (χ4n) is 7.26. The SMILES string of the molecule is c1ccc(-n2c3ccccc3c3cc(-c4ccc5ccc6c(c5c4)c4ccccc4n6-c4ncc5ccccc5n4)ccc32)cc1. The number of hydrogen-bond donors (Lipinski definition) is 0.